The van der Waals surface area contributed by atoms with Crippen molar-refractivity contribution in [1.82, 2.24) is 10.2 Å². The van der Waals surface area contributed by atoms with Crippen molar-refractivity contribution in [3.05, 3.63) is 0 Å². The second kappa shape index (κ2) is 6.97. The molecule has 2 amide bonds. The van der Waals surface area contributed by atoms with Crippen LogP contribution in [0.3, 0.4) is 0 Å². The third-order valence-corrected chi connectivity index (χ3v) is 2.10. The summed E-state index contributed by atoms with van der Waals surface area (Å²) in [5.74, 6) is -1.71. The first kappa shape index (κ1) is 14.6. The Labute approximate surface area is 92.4 Å². The molecule has 0 heterocycles. The molecule has 0 aromatic rings. The summed E-state index contributed by atoms with van der Waals surface area (Å²) in [7, 11) is 1.23. The summed E-state index contributed by atoms with van der Waals surface area (Å²) in [5.41, 5.74) is 0. The molecule has 1 unspecified atom stereocenters. The van der Waals surface area contributed by atoms with Gasteiger partial charge in [-0.2, -0.15) is 0 Å². The fraction of sp³-hybridized carbons (Fsp3) is 0.778. The molecule has 16 heavy (non-hydrogen) atoms. The first-order chi connectivity index (χ1) is 7.38. The van der Waals surface area contributed by atoms with Crippen molar-refractivity contribution in [2.45, 2.75) is 19.8 Å². The summed E-state index contributed by atoms with van der Waals surface area (Å²) in [5, 5.41) is 11.0. The summed E-state index contributed by atoms with van der Waals surface area (Å²) in [6.45, 7) is 0.946. The zero-order chi connectivity index (χ0) is 12.7. The minimum Gasteiger partial charge on any atom is -0.481 e. The van der Waals surface area contributed by atoms with Crippen LogP contribution in [-0.2, 0) is 4.79 Å². The van der Waals surface area contributed by atoms with Crippen molar-refractivity contribution >= 4 is 12.0 Å². The number of amides is 2. The van der Waals surface area contributed by atoms with Crippen LogP contribution in [0.25, 0.3) is 0 Å². The van der Waals surface area contributed by atoms with E-state index in [-0.39, 0.29) is 6.54 Å². The predicted molar refractivity (Wildman–Crippen MR) is 53.4 cm³/mol. The molecule has 5 nitrogen and oxygen atoms in total. The molecule has 0 spiro atoms. The number of carboxylic acid groups (broad SMARTS) is 1. The second-order valence-corrected chi connectivity index (χ2v) is 3.40. The molecule has 0 aliphatic rings. The number of hydrogen-bond donors (Lipinski definition) is 2. The summed E-state index contributed by atoms with van der Waals surface area (Å²) >= 11 is 0. The van der Waals surface area contributed by atoms with Gasteiger partial charge in [0.15, 0.2) is 0 Å². The lowest BCUT2D eigenvalue weighted by molar-refractivity contribution is -0.141. The smallest absolute Gasteiger partial charge is 0.317 e. The highest BCUT2D eigenvalue weighted by Gasteiger charge is 2.18. The van der Waals surface area contributed by atoms with Crippen LogP contribution >= 0.6 is 0 Å². The fourth-order valence-corrected chi connectivity index (χ4v) is 1.04. The SMILES string of the molecule is CCC(CNC(=O)N(C)CC(F)F)C(=O)O. The quantitative estimate of drug-likeness (QED) is 0.725. The fourth-order valence-electron chi connectivity index (χ4n) is 1.04. The zero-order valence-electron chi connectivity index (χ0n) is 9.24. The average molecular weight is 238 g/mol. The zero-order valence-corrected chi connectivity index (χ0v) is 9.24. The molecule has 0 rings (SSSR count). The number of carboxylic acids is 1. The van der Waals surface area contributed by atoms with Crippen molar-refractivity contribution in [2.75, 3.05) is 20.1 Å². The van der Waals surface area contributed by atoms with Gasteiger partial charge in [-0.15, -0.1) is 0 Å². The molecule has 0 fully saturated rings. The minimum atomic E-state index is -2.60. The van der Waals surface area contributed by atoms with Crippen LogP contribution in [0.4, 0.5) is 13.6 Å². The highest BCUT2D eigenvalue weighted by Crippen LogP contribution is 2.01. The molecule has 0 saturated heterocycles. The lowest BCUT2D eigenvalue weighted by Gasteiger charge is -2.18. The van der Waals surface area contributed by atoms with Crippen molar-refractivity contribution in [3.8, 4) is 0 Å². The Morgan fingerprint density at radius 1 is 1.44 bits per heavy atom. The van der Waals surface area contributed by atoms with E-state index in [9.17, 15) is 18.4 Å². The van der Waals surface area contributed by atoms with Gasteiger partial charge in [0.25, 0.3) is 6.43 Å². The average Bonchev–Trinajstić information content (AvgIpc) is 2.16. The number of nitrogens with zero attached hydrogens (tertiary/aromatic N) is 1. The van der Waals surface area contributed by atoms with E-state index in [1.807, 2.05) is 0 Å². The first-order valence-electron chi connectivity index (χ1n) is 4.88. The standard InChI is InChI=1S/C9H16F2N2O3/c1-3-6(8(14)15)4-12-9(16)13(2)5-7(10)11/h6-7H,3-5H2,1-2H3,(H,12,16)(H,14,15). The third kappa shape index (κ3) is 5.47. The van der Waals surface area contributed by atoms with E-state index in [1.165, 1.54) is 7.05 Å². The van der Waals surface area contributed by atoms with Gasteiger partial charge in [-0.3, -0.25) is 4.79 Å². The lowest BCUT2D eigenvalue weighted by atomic mass is 10.1. The Kier molecular flexibility index (Phi) is 6.36. The molecule has 0 aliphatic carbocycles. The predicted octanol–water partition coefficient (Wildman–Crippen LogP) is 1.00. The van der Waals surface area contributed by atoms with Crippen LogP contribution in [0.2, 0.25) is 0 Å². The van der Waals surface area contributed by atoms with Crippen LogP contribution < -0.4 is 5.32 Å². The van der Waals surface area contributed by atoms with Gasteiger partial charge in [-0.1, -0.05) is 6.92 Å². The van der Waals surface area contributed by atoms with E-state index in [2.05, 4.69) is 5.32 Å². The maximum atomic E-state index is 11.9. The molecular weight excluding hydrogens is 222 g/mol. The monoisotopic (exact) mass is 238 g/mol. The van der Waals surface area contributed by atoms with Crippen molar-refractivity contribution in [2.24, 2.45) is 5.92 Å². The molecule has 0 bridgehead atoms. The first-order valence-corrected chi connectivity index (χ1v) is 4.88. The Bertz CT molecular complexity index is 249. The van der Waals surface area contributed by atoms with E-state index in [0.717, 1.165) is 4.90 Å². The topological polar surface area (TPSA) is 69.6 Å². The Morgan fingerprint density at radius 2 is 2.00 bits per heavy atom. The van der Waals surface area contributed by atoms with E-state index >= 15 is 0 Å². The minimum absolute atomic E-state index is 0.0573. The Morgan fingerprint density at radius 3 is 2.38 bits per heavy atom. The van der Waals surface area contributed by atoms with E-state index < -0.39 is 30.9 Å². The molecule has 0 saturated carbocycles. The van der Waals surface area contributed by atoms with Gasteiger partial charge in [0.1, 0.15) is 0 Å². The van der Waals surface area contributed by atoms with Gasteiger partial charge >= 0.3 is 12.0 Å². The normalized spacial score (nSPS) is 12.3. The van der Waals surface area contributed by atoms with Crippen LogP contribution in [0.15, 0.2) is 0 Å². The number of carbonyl (C=O) groups excluding carboxylic acids is 1. The van der Waals surface area contributed by atoms with Crippen LogP contribution in [0.1, 0.15) is 13.3 Å². The van der Waals surface area contributed by atoms with E-state index in [4.69, 9.17) is 5.11 Å². The Balaban J connectivity index is 4.00. The highest BCUT2D eigenvalue weighted by atomic mass is 19.3. The lowest BCUT2D eigenvalue weighted by Crippen LogP contribution is -2.42. The molecule has 0 aliphatic heterocycles. The van der Waals surface area contributed by atoms with Gasteiger partial charge < -0.3 is 15.3 Å². The summed E-state index contributed by atoms with van der Waals surface area (Å²) in [6.07, 6.45) is -2.23. The number of nitrogens with one attached hydrogen (secondary N) is 1. The molecule has 7 heteroatoms. The van der Waals surface area contributed by atoms with E-state index in [1.54, 1.807) is 6.92 Å². The molecule has 94 valence electrons. The molecule has 1 atom stereocenters. The number of carbonyl (C=O) groups is 2. The summed E-state index contributed by atoms with van der Waals surface area (Å²) < 4.78 is 23.8. The maximum absolute atomic E-state index is 11.9. The number of aliphatic carboxylic acids is 1. The van der Waals surface area contributed by atoms with Crippen molar-refractivity contribution in [3.63, 3.8) is 0 Å². The highest BCUT2D eigenvalue weighted by molar-refractivity contribution is 5.75. The third-order valence-electron chi connectivity index (χ3n) is 2.10. The van der Waals surface area contributed by atoms with Crippen LogP contribution in [0, 0.1) is 5.92 Å². The van der Waals surface area contributed by atoms with E-state index in [0.29, 0.717) is 6.42 Å². The number of urea groups is 1. The molecule has 0 radical (unpaired) electrons. The summed E-state index contributed by atoms with van der Waals surface area (Å²) in [6, 6.07) is -0.694. The second-order valence-electron chi connectivity index (χ2n) is 3.40. The van der Waals surface area contributed by atoms with Gasteiger partial charge in [0, 0.05) is 13.6 Å². The number of alkyl halides is 2. The maximum Gasteiger partial charge on any atom is 0.317 e. The van der Waals surface area contributed by atoms with Gasteiger partial charge in [-0.05, 0) is 6.42 Å². The molecule has 0 aromatic heterocycles. The Hall–Kier alpha value is -1.40. The largest absolute Gasteiger partial charge is 0.481 e. The van der Waals surface area contributed by atoms with Gasteiger partial charge in [0.2, 0.25) is 0 Å². The van der Waals surface area contributed by atoms with Crippen molar-refractivity contribution in [1.29, 1.82) is 0 Å². The van der Waals surface area contributed by atoms with Crippen LogP contribution in [0.5, 0.6) is 0 Å². The molecular formula is C9H16F2N2O3. The number of halogens is 2. The van der Waals surface area contributed by atoms with Crippen molar-refractivity contribution < 1.29 is 23.5 Å². The molecule has 2 N–H and O–H groups in total. The van der Waals surface area contributed by atoms with Gasteiger partial charge in [-0.25, -0.2) is 13.6 Å². The summed E-state index contributed by atoms with van der Waals surface area (Å²) in [4.78, 5) is 22.6. The number of rotatable bonds is 6. The van der Waals surface area contributed by atoms with Gasteiger partial charge in [0.05, 0.1) is 12.5 Å². The molecule has 0 aromatic carbocycles. The number of hydrogen-bond acceptors (Lipinski definition) is 2. The van der Waals surface area contributed by atoms with Crippen LogP contribution in [-0.4, -0.2) is 48.6 Å².